The molecule has 3 N–H and O–H groups in total. The molecule has 2 heterocycles. The molecule has 1 aliphatic heterocycles. The van der Waals surface area contributed by atoms with E-state index in [9.17, 15) is 19.8 Å². The van der Waals surface area contributed by atoms with E-state index in [1.165, 1.54) is 18.6 Å². The van der Waals surface area contributed by atoms with Crippen LogP contribution in [0.1, 0.15) is 37.3 Å². The highest BCUT2D eigenvalue weighted by atomic mass is 19.1. The van der Waals surface area contributed by atoms with Gasteiger partial charge in [0.1, 0.15) is 11.2 Å². The zero-order valence-electron chi connectivity index (χ0n) is 17.5. The van der Waals surface area contributed by atoms with Crippen LogP contribution in [0.4, 0.5) is 10.1 Å². The van der Waals surface area contributed by atoms with Crippen molar-refractivity contribution in [2.75, 3.05) is 25.1 Å². The molecule has 3 aliphatic rings. The first-order valence-electron chi connectivity index (χ1n) is 10.7. The maximum atomic E-state index is 15.7. The van der Waals surface area contributed by atoms with Crippen molar-refractivity contribution in [3.05, 3.63) is 43.9 Å². The standard InChI is InChI=1S/C22H26FN3O5/c1-10-15-17(26(12-6-7-12)22(30)24-21(15)29)20(31-2)18(16(10)23)25-8-11-4-3-5-14(27)19(28)13(11)9-25/h4,12-14,19,27-28H,3,5-9H2,1-2H3,(H,24,29,30). The Hall–Kier alpha value is -2.65. The largest absolute Gasteiger partial charge is 0.492 e. The summed E-state index contributed by atoms with van der Waals surface area (Å²) in [6, 6.07) is -0.0530. The Morgan fingerprint density at radius 1 is 1.23 bits per heavy atom. The Morgan fingerprint density at radius 2 is 1.97 bits per heavy atom. The summed E-state index contributed by atoms with van der Waals surface area (Å²) in [5.41, 5.74) is 0.447. The quantitative estimate of drug-likeness (QED) is 0.634. The fourth-order valence-electron chi connectivity index (χ4n) is 5.13. The highest BCUT2D eigenvalue weighted by Gasteiger charge is 2.40. The lowest BCUT2D eigenvalue weighted by molar-refractivity contribution is -0.00415. The molecule has 166 valence electrons. The average molecular weight is 431 g/mol. The normalized spacial score (nSPS) is 26.0. The van der Waals surface area contributed by atoms with Gasteiger partial charge in [-0.15, -0.1) is 0 Å². The summed E-state index contributed by atoms with van der Waals surface area (Å²) in [6.45, 7) is 2.21. The van der Waals surface area contributed by atoms with E-state index >= 15 is 4.39 Å². The lowest BCUT2D eigenvalue weighted by Crippen LogP contribution is -2.35. The summed E-state index contributed by atoms with van der Waals surface area (Å²) in [5.74, 6) is -0.745. The number of aromatic amines is 1. The number of rotatable bonds is 3. The summed E-state index contributed by atoms with van der Waals surface area (Å²) in [7, 11) is 1.40. The number of hydrogen-bond acceptors (Lipinski definition) is 6. The second-order valence-electron chi connectivity index (χ2n) is 8.81. The Kier molecular flexibility index (Phi) is 4.71. The third-order valence-corrected chi connectivity index (χ3v) is 6.86. The van der Waals surface area contributed by atoms with Gasteiger partial charge >= 0.3 is 5.69 Å². The summed E-state index contributed by atoms with van der Waals surface area (Å²) < 4.78 is 22.8. The molecule has 1 saturated heterocycles. The molecule has 3 atom stereocenters. The average Bonchev–Trinajstić information content (AvgIpc) is 3.49. The first-order chi connectivity index (χ1) is 14.8. The monoisotopic (exact) mass is 431 g/mol. The lowest BCUT2D eigenvalue weighted by atomic mass is 9.94. The second-order valence-corrected chi connectivity index (χ2v) is 8.81. The summed E-state index contributed by atoms with van der Waals surface area (Å²) >= 11 is 0. The van der Waals surface area contributed by atoms with E-state index in [1.807, 2.05) is 6.08 Å². The van der Waals surface area contributed by atoms with Gasteiger partial charge < -0.3 is 19.8 Å². The SMILES string of the molecule is COc1c(N2CC3=CCCC(O)C(O)C3C2)c(F)c(C)c2c(=O)[nH]c(=O)n(C3CC3)c12. The fraction of sp³-hybridized carbons (Fsp3) is 0.545. The highest BCUT2D eigenvalue weighted by Crippen LogP contribution is 2.46. The van der Waals surface area contributed by atoms with Crippen LogP contribution in [0.25, 0.3) is 10.9 Å². The second kappa shape index (κ2) is 7.20. The number of fused-ring (bicyclic) bond motifs is 2. The molecule has 1 saturated carbocycles. The van der Waals surface area contributed by atoms with Crippen LogP contribution in [-0.4, -0.2) is 52.2 Å². The number of aliphatic hydroxyl groups excluding tert-OH is 2. The number of halogens is 1. The number of hydrogen-bond donors (Lipinski definition) is 3. The van der Waals surface area contributed by atoms with E-state index in [1.54, 1.807) is 4.90 Å². The number of aryl methyl sites for hydroxylation is 1. The number of nitrogens with one attached hydrogen (secondary N) is 1. The molecule has 8 nitrogen and oxygen atoms in total. The predicted octanol–water partition coefficient (Wildman–Crippen LogP) is 1.36. The zero-order valence-corrected chi connectivity index (χ0v) is 17.5. The number of nitrogens with zero attached hydrogens (tertiary/aromatic N) is 2. The number of ether oxygens (including phenoxy) is 1. The Balaban J connectivity index is 1.74. The Bertz CT molecular complexity index is 1210. The van der Waals surface area contributed by atoms with Crippen LogP contribution in [0, 0.1) is 18.7 Å². The summed E-state index contributed by atoms with van der Waals surface area (Å²) in [5, 5.41) is 20.9. The van der Waals surface area contributed by atoms with Crippen molar-refractivity contribution < 1.29 is 19.3 Å². The number of H-pyrrole nitrogens is 1. The van der Waals surface area contributed by atoms with Crippen LogP contribution >= 0.6 is 0 Å². The molecule has 2 aliphatic carbocycles. The molecule has 0 spiro atoms. The van der Waals surface area contributed by atoms with Gasteiger partial charge in [0, 0.05) is 30.6 Å². The molecule has 0 radical (unpaired) electrons. The number of aliphatic hydroxyl groups is 2. The molecular formula is C22H26FN3O5. The van der Waals surface area contributed by atoms with Gasteiger partial charge in [0.05, 0.1) is 24.7 Å². The van der Waals surface area contributed by atoms with E-state index in [0.29, 0.717) is 31.4 Å². The molecule has 1 aromatic heterocycles. The van der Waals surface area contributed by atoms with Gasteiger partial charge in [-0.2, -0.15) is 0 Å². The van der Waals surface area contributed by atoms with Gasteiger partial charge in [-0.05, 0) is 38.2 Å². The van der Waals surface area contributed by atoms with E-state index in [0.717, 1.165) is 18.4 Å². The number of methoxy groups -OCH3 is 1. The third kappa shape index (κ3) is 3.02. The van der Waals surface area contributed by atoms with Crippen molar-refractivity contribution in [1.82, 2.24) is 9.55 Å². The molecule has 2 fully saturated rings. The Morgan fingerprint density at radius 3 is 2.65 bits per heavy atom. The maximum absolute atomic E-state index is 15.7. The molecule has 0 amide bonds. The van der Waals surface area contributed by atoms with E-state index in [2.05, 4.69) is 4.98 Å². The van der Waals surface area contributed by atoms with Crippen molar-refractivity contribution in [2.45, 2.75) is 50.9 Å². The van der Waals surface area contributed by atoms with Crippen LogP contribution < -0.4 is 20.9 Å². The van der Waals surface area contributed by atoms with Crippen molar-refractivity contribution >= 4 is 16.6 Å². The van der Waals surface area contributed by atoms with Crippen molar-refractivity contribution in [2.24, 2.45) is 5.92 Å². The van der Waals surface area contributed by atoms with Crippen molar-refractivity contribution in [3.63, 3.8) is 0 Å². The van der Waals surface area contributed by atoms with Crippen LogP contribution in [0.15, 0.2) is 21.2 Å². The fourth-order valence-corrected chi connectivity index (χ4v) is 5.13. The van der Waals surface area contributed by atoms with Gasteiger partial charge in [0.15, 0.2) is 11.6 Å². The van der Waals surface area contributed by atoms with Gasteiger partial charge in [-0.1, -0.05) is 6.08 Å². The highest BCUT2D eigenvalue weighted by molar-refractivity contribution is 5.94. The van der Waals surface area contributed by atoms with E-state index in [4.69, 9.17) is 4.74 Å². The summed E-state index contributed by atoms with van der Waals surface area (Å²) in [6.07, 6.45) is 2.99. The maximum Gasteiger partial charge on any atom is 0.329 e. The molecule has 9 heteroatoms. The predicted molar refractivity (Wildman–Crippen MR) is 113 cm³/mol. The molecule has 5 rings (SSSR count). The van der Waals surface area contributed by atoms with Gasteiger partial charge in [0.2, 0.25) is 0 Å². The van der Waals surface area contributed by atoms with Crippen LogP contribution in [0.2, 0.25) is 0 Å². The smallest absolute Gasteiger partial charge is 0.329 e. The molecule has 3 unspecified atom stereocenters. The van der Waals surface area contributed by atoms with Crippen molar-refractivity contribution in [3.8, 4) is 5.75 Å². The summed E-state index contributed by atoms with van der Waals surface area (Å²) in [4.78, 5) is 29.3. The van der Waals surface area contributed by atoms with Crippen LogP contribution in [-0.2, 0) is 0 Å². The van der Waals surface area contributed by atoms with Gasteiger partial charge in [0.25, 0.3) is 5.56 Å². The molecule has 2 aromatic rings. The van der Waals surface area contributed by atoms with Crippen LogP contribution in [0.5, 0.6) is 5.75 Å². The minimum absolute atomic E-state index is 0.0530. The number of aromatic nitrogens is 2. The number of allylic oxidation sites excluding steroid dienone is 1. The van der Waals surface area contributed by atoms with Gasteiger partial charge in [-0.25, -0.2) is 9.18 Å². The number of benzene rings is 1. The van der Waals surface area contributed by atoms with E-state index in [-0.39, 0.29) is 34.3 Å². The van der Waals surface area contributed by atoms with E-state index < -0.39 is 29.3 Å². The topological polar surface area (TPSA) is 108 Å². The zero-order chi connectivity index (χ0) is 22.0. The Labute approximate surface area is 177 Å². The lowest BCUT2D eigenvalue weighted by Gasteiger charge is -2.26. The molecule has 0 bridgehead atoms. The molecular weight excluding hydrogens is 405 g/mol. The van der Waals surface area contributed by atoms with Crippen LogP contribution in [0.3, 0.4) is 0 Å². The molecule has 1 aromatic carbocycles. The number of anilines is 1. The minimum atomic E-state index is -0.929. The molecule has 31 heavy (non-hydrogen) atoms. The first kappa shape index (κ1) is 20.3. The van der Waals surface area contributed by atoms with Gasteiger partial charge in [-0.3, -0.25) is 14.3 Å². The minimum Gasteiger partial charge on any atom is -0.492 e. The third-order valence-electron chi connectivity index (χ3n) is 6.86. The first-order valence-corrected chi connectivity index (χ1v) is 10.7. The van der Waals surface area contributed by atoms with Crippen molar-refractivity contribution in [1.29, 1.82) is 0 Å².